The molecule has 0 amide bonds. The van der Waals surface area contributed by atoms with Crippen LogP contribution in [0, 0.1) is 5.92 Å². The fourth-order valence-electron chi connectivity index (χ4n) is 2.94. The molecule has 2 atom stereocenters. The number of aromatic nitrogens is 3. The fourth-order valence-corrected chi connectivity index (χ4v) is 2.94. The molecule has 0 spiro atoms. The molecule has 0 bridgehead atoms. The second-order valence-electron chi connectivity index (χ2n) is 4.86. The number of carboxylic acid groups (broad SMARTS) is 1. The van der Waals surface area contributed by atoms with Crippen molar-refractivity contribution in [1.29, 1.82) is 0 Å². The van der Waals surface area contributed by atoms with Crippen LogP contribution < -0.4 is 0 Å². The van der Waals surface area contributed by atoms with E-state index in [0.29, 0.717) is 0 Å². The number of fused-ring (bicyclic) bond motifs is 1. The molecule has 94 valence electrons. The molecule has 2 heterocycles. The third-order valence-electron chi connectivity index (χ3n) is 3.83. The Bertz CT molecular complexity index is 605. The van der Waals surface area contributed by atoms with E-state index in [0.717, 1.165) is 36.3 Å². The molecule has 1 N–H and O–H groups in total. The summed E-state index contributed by atoms with van der Waals surface area (Å²) < 4.78 is 1.93. The van der Waals surface area contributed by atoms with E-state index >= 15 is 0 Å². The van der Waals surface area contributed by atoms with Crippen LogP contribution in [0.25, 0.3) is 11.2 Å². The van der Waals surface area contributed by atoms with Gasteiger partial charge in [-0.15, -0.1) is 0 Å². The molecule has 0 aliphatic heterocycles. The number of rotatable bonds is 2. The van der Waals surface area contributed by atoms with E-state index in [1.54, 1.807) is 6.20 Å². The second kappa shape index (κ2) is 4.08. The van der Waals surface area contributed by atoms with E-state index in [2.05, 4.69) is 9.97 Å². The van der Waals surface area contributed by atoms with Crippen molar-refractivity contribution in [2.45, 2.75) is 25.2 Å². The summed E-state index contributed by atoms with van der Waals surface area (Å²) in [4.78, 5) is 20.1. The van der Waals surface area contributed by atoms with Crippen LogP contribution in [0.5, 0.6) is 0 Å². The summed E-state index contributed by atoms with van der Waals surface area (Å²) in [6.07, 6.45) is 4.33. The summed E-state index contributed by atoms with van der Waals surface area (Å²) in [6.45, 7) is 0. The van der Waals surface area contributed by atoms with E-state index in [4.69, 9.17) is 0 Å². The summed E-state index contributed by atoms with van der Waals surface area (Å²) in [5.41, 5.74) is 1.66. The van der Waals surface area contributed by atoms with Gasteiger partial charge in [-0.2, -0.15) is 0 Å². The summed E-state index contributed by atoms with van der Waals surface area (Å²) in [5.74, 6) is -0.145. The summed E-state index contributed by atoms with van der Waals surface area (Å²) in [6, 6.07) is 3.76. The lowest BCUT2D eigenvalue weighted by molar-refractivity contribution is -0.142. The van der Waals surface area contributed by atoms with Gasteiger partial charge in [-0.1, -0.05) is 6.42 Å². The Balaban J connectivity index is 2.09. The minimum Gasteiger partial charge on any atom is -0.481 e. The molecule has 2 aromatic heterocycles. The Labute approximate surface area is 104 Å². The van der Waals surface area contributed by atoms with Crippen molar-refractivity contribution in [3.8, 4) is 0 Å². The number of imidazole rings is 1. The largest absolute Gasteiger partial charge is 0.481 e. The van der Waals surface area contributed by atoms with Gasteiger partial charge < -0.3 is 9.67 Å². The van der Waals surface area contributed by atoms with Crippen LogP contribution >= 0.6 is 0 Å². The predicted molar refractivity (Wildman–Crippen MR) is 66.2 cm³/mol. The van der Waals surface area contributed by atoms with Crippen LogP contribution in [0.2, 0.25) is 0 Å². The number of carbonyl (C=O) groups is 1. The maximum Gasteiger partial charge on any atom is 0.307 e. The number of aryl methyl sites for hydroxylation is 1. The molecule has 3 rings (SSSR count). The van der Waals surface area contributed by atoms with Crippen molar-refractivity contribution in [1.82, 2.24) is 14.5 Å². The molecule has 0 radical (unpaired) electrons. The molecular formula is C13H15N3O2. The highest BCUT2D eigenvalue weighted by Crippen LogP contribution is 2.39. The average Bonchev–Trinajstić information content (AvgIpc) is 2.94. The minimum absolute atomic E-state index is 0.0155. The number of hydrogen-bond donors (Lipinski definition) is 1. The van der Waals surface area contributed by atoms with Gasteiger partial charge in [-0.05, 0) is 25.0 Å². The standard InChI is InChI=1S/C13H15N3O2/c1-16-11(8-4-2-5-9(8)13(17)18)15-10-6-3-7-14-12(10)16/h3,6-9H,2,4-5H2,1H3,(H,17,18). The molecule has 0 aromatic carbocycles. The van der Waals surface area contributed by atoms with Gasteiger partial charge in [0.15, 0.2) is 5.65 Å². The number of pyridine rings is 1. The average molecular weight is 245 g/mol. The lowest BCUT2D eigenvalue weighted by atomic mass is 9.95. The zero-order chi connectivity index (χ0) is 12.7. The third kappa shape index (κ3) is 1.58. The molecule has 1 saturated carbocycles. The van der Waals surface area contributed by atoms with Crippen molar-refractivity contribution in [2.75, 3.05) is 0 Å². The minimum atomic E-state index is -0.711. The van der Waals surface area contributed by atoms with Crippen LogP contribution in [-0.4, -0.2) is 25.6 Å². The van der Waals surface area contributed by atoms with Crippen molar-refractivity contribution in [3.63, 3.8) is 0 Å². The van der Waals surface area contributed by atoms with Crippen LogP contribution in [0.1, 0.15) is 31.0 Å². The lowest BCUT2D eigenvalue weighted by Gasteiger charge is -2.15. The van der Waals surface area contributed by atoms with E-state index in [9.17, 15) is 9.90 Å². The topological polar surface area (TPSA) is 68.0 Å². The van der Waals surface area contributed by atoms with E-state index in [1.807, 2.05) is 23.7 Å². The lowest BCUT2D eigenvalue weighted by Crippen LogP contribution is -2.19. The Morgan fingerprint density at radius 2 is 2.33 bits per heavy atom. The third-order valence-corrected chi connectivity index (χ3v) is 3.83. The smallest absolute Gasteiger partial charge is 0.307 e. The van der Waals surface area contributed by atoms with Gasteiger partial charge in [0.1, 0.15) is 11.3 Å². The zero-order valence-electron chi connectivity index (χ0n) is 10.2. The summed E-state index contributed by atoms with van der Waals surface area (Å²) >= 11 is 0. The molecule has 5 nitrogen and oxygen atoms in total. The first-order chi connectivity index (χ1) is 8.68. The highest BCUT2D eigenvalue weighted by atomic mass is 16.4. The number of aliphatic carboxylic acids is 1. The first-order valence-corrected chi connectivity index (χ1v) is 6.18. The quantitative estimate of drug-likeness (QED) is 0.877. The molecule has 2 unspecified atom stereocenters. The van der Waals surface area contributed by atoms with Crippen LogP contribution in [0.15, 0.2) is 18.3 Å². The van der Waals surface area contributed by atoms with Gasteiger partial charge in [0, 0.05) is 19.2 Å². The van der Waals surface area contributed by atoms with E-state index in [1.165, 1.54) is 0 Å². The van der Waals surface area contributed by atoms with Crippen LogP contribution in [0.3, 0.4) is 0 Å². The van der Waals surface area contributed by atoms with Crippen LogP contribution in [-0.2, 0) is 11.8 Å². The van der Waals surface area contributed by atoms with Gasteiger partial charge in [-0.25, -0.2) is 9.97 Å². The second-order valence-corrected chi connectivity index (χ2v) is 4.86. The Morgan fingerprint density at radius 3 is 3.06 bits per heavy atom. The van der Waals surface area contributed by atoms with E-state index in [-0.39, 0.29) is 11.8 Å². The van der Waals surface area contributed by atoms with Gasteiger partial charge >= 0.3 is 5.97 Å². The first kappa shape index (κ1) is 11.2. The maximum atomic E-state index is 11.3. The van der Waals surface area contributed by atoms with Gasteiger partial charge in [0.2, 0.25) is 0 Å². The van der Waals surface area contributed by atoms with Crippen molar-refractivity contribution < 1.29 is 9.90 Å². The highest BCUT2D eigenvalue weighted by Gasteiger charge is 2.36. The van der Waals surface area contributed by atoms with Gasteiger partial charge in [-0.3, -0.25) is 4.79 Å². The predicted octanol–water partition coefficient (Wildman–Crippen LogP) is 1.94. The summed E-state index contributed by atoms with van der Waals surface area (Å²) in [5, 5.41) is 9.26. The summed E-state index contributed by atoms with van der Waals surface area (Å²) in [7, 11) is 1.91. The maximum absolute atomic E-state index is 11.3. The molecule has 5 heteroatoms. The SMILES string of the molecule is Cn1c(C2CCCC2C(=O)O)nc2cccnc21. The zero-order valence-corrected chi connectivity index (χ0v) is 10.2. The molecular weight excluding hydrogens is 230 g/mol. The normalized spacial score (nSPS) is 23.6. The Hall–Kier alpha value is -1.91. The molecule has 1 fully saturated rings. The highest BCUT2D eigenvalue weighted by molar-refractivity contribution is 5.74. The fraction of sp³-hybridized carbons (Fsp3) is 0.462. The monoisotopic (exact) mass is 245 g/mol. The van der Waals surface area contributed by atoms with Crippen molar-refractivity contribution in [3.05, 3.63) is 24.2 Å². The van der Waals surface area contributed by atoms with Crippen molar-refractivity contribution in [2.24, 2.45) is 13.0 Å². The first-order valence-electron chi connectivity index (χ1n) is 6.18. The Morgan fingerprint density at radius 1 is 1.50 bits per heavy atom. The van der Waals surface area contributed by atoms with Gasteiger partial charge in [0.05, 0.1) is 5.92 Å². The van der Waals surface area contributed by atoms with E-state index < -0.39 is 5.97 Å². The Kier molecular flexibility index (Phi) is 2.54. The van der Waals surface area contributed by atoms with Gasteiger partial charge in [0.25, 0.3) is 0 Å². The van der Waals surface area contributed by atoms with Crippen molar-refractivity contribution >= 4 is 17.1 Å². The molecule has 1 aliphatic rings. The molecule has 2 aromatic rings. The number of carboxylic acids is 1. The molecule has 0 saturated heterocycles. The number of hydrogen-bond acceptors (Lipinski definition) is 3. The molecule has 18 heavy (non-hydrogen) atoms. The molecule has 1 aliphatic carbocycles. The van der Waals surface area contributed by atoms with Crippen LogP contribution in [0.4, 0.5) is 0 Å². The number of nitrogens with zero attached hydrogens (tertiary/aromatic N) is 3.